The molecule has 1 heterocycles. The number of rotatable bonds is 7. The van der Waals surface area contributed by atoms with Gasteiger partial charge in [0.05, 0.1) is 18.1 Å². The summed E-state index contributed by atoms with van der Waals surface area (Å²) in [6.45, 7) is 8.76. The highest BCUT2D eigenvalue weighted by molar-refractivity contribution is 5.87. The Hall–Kier alpha value is -1.43. The van der Waals surface area contributed by atoms with Gasteiger partial charge in [-0.15, -0.1) is 0 Å². The molecule has 140 valence electrons. The van der Waals surface area contributed by atoms with Crippen LogP contribution in [-0.4, -0.2) is 61.4 Å². The number of nitrogens with zero attached hydrogens (tertiary/aromatic N) is 1. The monoisotopic (exact) mass is 348 g/mol. The van der Waals surface area contributed by atoms with Crippen molar-refractivity contribution in [2.24, 2.45) is 0 Å². The lowest BCUT2D eigenvalue weighted by Crippen LogP contribution is -2.50. The fraction of sp³-hybridized carbons (Fsp3) is 0.650. The number of β-amino-alcohol motifs (C(OH)–C–C–N with tert-alkyl or cyclic N) is 1. The molecule has 1 amide bonds. The number of likely N-dealkylation sites (tertiary alicyclic amines) is 1. The van der Waals surface area contributed by atoms with Crippen LogP contribution >= 0.6 is 0 Å². The van der Waals surface area contributed by atoms with Gasteiger partial charge in [-0.3, -0.25) is 4.79 Å². The molecular weight excluding hydrogens is 316 g/mol. The lowest BCUT2D eigenvalue weighted by Gasteiger charge is -2.35. The van der Waals surface area contributed by atoms with Gasteiger partial charge in [0.25, 0.3) is 0 Å². The van der Waals surface area contributed by atoms with Crippen molar-refractivity contribution in [1.82, 2.24) is 10.2 Å². The maximum Gasteiger partial charge on any atom is 0.230 e. The molecule has 1 fully saturated rings. The van der Waals surface area contributed by atoms with Crippen LogP contribution in [0.5, 0.6) is 0 Å². The number of piperidine rings is 1. The molecule has 2 rings (SSSR count). The third-order valence-corrected chi connectivity index (χ3v) is 5.09. The Morgan fingerprint density at radius 3 is 2.48 bits per heavy atom. The third kappa shape index (κ3) is 5.53. The van der Waals surface area contributed by atoms with Gasteiger partial charge >= 0.3 is 0 Å². The smallest absolute Gasteiger partial charge is 0.230 e. The van der Waals surface area contributed by atoms with Gasteiger partial charge in [0.2, 0.25) is 5.91 Å². The number of aryl methyl sites for hydroxylation is 1. The molecule has 0 bridgehead atoms. The molecule has 1 unspecified atom stereocenters. The van der Waals surface area contributed by atoms with Gasteiger partial charge in [-0.1, -0.05) is 29.8 Å². The van der Waals surface area contributed by atoms with E-state index < -0.39 is 11.5 Å². The van der Waals surface area contributed by atoms with Crippen molar-refractivity contribution >= 4 is 5.91 Å². The summed E-state index contributed by atoms with van der Waals surface area (Å²) in [6.07, 6.45) is 1.38. The van der Waals surface area contributed by atoms with E-state index in [0.717, 1.165) is 31.5 Å². The lowest BCUT2D eigenvalue weighted by atomic mass is 9.83. The van der Waals surface area contributed by atoms with Gasteiger partial charge in [0.1, 0.15) is 0 Å². The van der Waals surface area contributed by atoms with Crippen molar-refractivity contribution in [2.45, 2.75) is 51.2 Å². The number of carbonyl (C=O) groups excluding carboxylic acids is 1. The van der Waals surface area contributed by atoms with Gasteiger partial charge in [0.15, 0.2) is 0 Å². The van der Waals surface area contributed by atoms with Gasteiger partial charge in [0, 0.05) is 32.8 Å². The number of nitrogens with one attached hydrogen (secondary N) is 1. The standard InChI is InChI=1S/C20H32N2O3/c1-15-5-7-16(8-6-15)20(2,3)19(24)21-17-9-11-22(12-10-17)13-18(23)14-25-4/h5-8,17-18,23H,9-14H2,1-4H3,(H,21,24). The van der Waals surface area contributed by atoms with E-state index in [1.54, 1.807) is 7.11 Å². The van der Waals surface area contributed by atoms with Crippen LogP contribution < -0.4 is 5.32 Å². The maximum atomic E-state index is 12.8. The zero-order valence-corrected chi connectivity index (χ0v) is 15.9. The van der Waals surface area contributed by atoms with Crippen LogP contribution in [-0.2, 0) is 14.9 Å². The molecule has 1 aliphatic rings. The van der Waals surface area contributed by atoms with Crippen molar-refractivity contribution < 1.29 is 14.6 Å². The third-order valence-electron chi connectivity index (χ3n) is 5.09. The van der Waals surface area contributed by atoms with Crippen LogP contribution in [0.3, 0.4) is 0 Å². The summed E-state index contributed by atoms with van der Waals surface area (Å²) < 4.78 is 4.97. The molecule has 2 N–H and O–H groups in total. The predicted octanol–water partition coefficient (Wildman–Crippen LogP) is 1.86. The summed E-state index contributed by atoms with van der Waals surface area (Å²) in [5, 5.41) is 13.0. The van der Waals surface area contributed by atoms with Gasteiger partial charge < -0.3 is 20.1 Å². The van der Waals surface area contributed by atoms with Crippen molar-refractivity contribution in [1.29, 1.82) is 0 Å². The number of carbonyl (C=O) groups is 1. The Balaban J connectivity index is 1.84. The Morgan fingerprint density at radius 2 is 1.92 bits per heavy atom. The number of methoxy groups -OCH3 is 1. The Labute approximate surface area is 151 Å². The second-order valence-electron chi connectivity index (χ2n) is 7.65. The molecule has 5 heteroatoms. The first kappa shape index (κ1) is 19.9. The second-order valence-corrected chi connectivity index (χ2v) is 7.65. The largest absolute Gasteiger partial charge is 0.389 e. The highest BCUT2D eigenvalue weighted by atomic mass is 16.5. The fourth-order valence-corrected chi connectivity index (χ4v) is 3.27. The van der Waals surface area contributed by atoms with Gasteiger partial charge in [-0.2, -0.15) is 0 Å². The van der Waals surface area contributed by atoms with E-state index in [2.05, 4.69) is 10.2 Å². The van der Waals surface area contributed by atoms with Crippen molar-refractivity contribution in [2.75, 3.05) is 33.4 Å². The first-order valence-electron chi connectivity index (χ1n) is 9.10. The number of ether oxygens (including phenoxy) is 1. The highest BCUT2D eigenvalue weighted by Crippen LogP contribution is 2.24. The van der Waals surface area contributed by atoms with Crippen molar-refractivity contribution in [3.05, 3.63) is 35.4 Å². The van der Waals surface area contributed by atoms with E-state index in [4.69, 9.17) is 4.74 Å². The molecule has 1 aliphatic heterocycles. The van der Waals surface area contributed by atoms with E-state index in [1.165, 1.54) is 5.56 Å². The number of hydrogen-bond donors (Lipinski definition) is 2. The van der Waals surface area contributed by atoms with E-state index in [-0.39, 0.29) is 11.9 Å². The molecule has 0 spiro atoms. The van der Waals surface area contributed by atoms with Gasteiger partial charge in [-0.25, -0.2) is 0 Å². The summed E-state index contributed by atoms with van der Waals surface area (Å²) in [5.74, 6) is 0.0780. The molecule has 0 radical (unpaired) electrons. The number of benzene rings is 1. The Kier molecular flexibility index (Phi) is 6.99. The predicted molar refractivity (Wildman–Crippen MR) is 99.7 cm³/mol. The van der Waals surface area contributed by atoms with Crippen LogP contribution in [0.4, 0.5) is 0 Å². The minimum atomic E-state index is -0.542. The minimum absolute atomic E-state index is 0.0780. The lowest BCUT2D eigenvalue weighted by molar-refractivity contribution is -0.126. The number of aliphatic hydroxyl groups is 1. The Bertz CT molecular complexity index is 549. The van der Waals surface area contributed by atoms with E-state index in [1.807, 2.05) is 45.0 Å². The van der Waals surface area contributed by atoms with Crippen LogP contribution in [0.25, 0.3) is 0 Å². The molecule has 1 atom stereocenters. The average molecular weight is 348 g/mol. The molecule has 1 aromatic carbocycles. The molecule has 0 aliphatic carbocycles. The quantitative estimate of drug-likeness (QED) is 0.790. The molecule has 1 saturated heterocycles. The Morgan fingerprint density at radius 1 is 1.32 bits per heavy atom. The normalized spacial score (nSPS) is 18.1. The zero-order valence-electron chi connectivity index (χ0n) is 15.9. The summed E-state index contributed by atoms with van der Waals surface area (Å²) in [4.78, 5) is 15.0. The maximum absolute atomic E-state index is 12.8. The van der Waals surface area contributed by atoms with Crippen LogP contribution in [0, 0.1) is 6.92 Å². The van der Waals surface area contributed by atoms with Crippen molar-refractivity contribution in [3.8, 4) is 0 Å². The molecule has 25 heavy (non-hydrogen) atoms. The van der Waals surface area contributed by atoms with Crippen LogP contribution in [0.2, 0.25) is 0 Å². The average Bonchev–Trinajstić information content (AvgIpc) is 2.57. The second kappa shape index (κ2) is 8.79. The van der Waals surface area contributed by atoms with Gasteiger partial charge in [-0.05, 0) is 39.2 Å². The van der Waals surface area contributed by atoms with Crippen molar-refractivity contribution in [3.63, 3.8) is 0 Å². The summed E-state index contributed by atoms with van der Waals surface area (Å²) >= 11 is 0. The molecule has 1 aromatic rings. The van der Waals surface area contributed by atoms with Crippen LogP contribution in [0.15, 0.2) is 24.3 Å². The van der Waals surface area contributed by atoms with E-state index in [9.17, 15) is 9.90 Å². The molecule has 0 aromatic heterocycles. The SMILES string of the molecule is COCC(O)CN1CCC(NC(=O)C(C)(C)c2ccc(C)cc2)CC1. The molecule has 0 saturated carbocycles. The summed E-state index contributed by atoms with van der Waals surface area (Å²) in [7, 11) is 1.60. The molecular formula is C20H32N2O3. The molecule has 5 nitrogen and oxygen atoms in total. The van der Waals surface area contributed by atoms with E-state index in [0.29, 0.717) is 13.2 Å². The number of amides is 1. The van der Waals surface area contributed by atoms with Crippen LogP contribution in [0.1, 0.15) is 37.8 Å². The first-order chi connectivity index (χ1) is 11.8. The summed E-state index contributed by atoms with van der Waals surface area (Å²) in [6, 6.07) is 8.37. The topological polar surface area (TPSA) is 61.8 Å². The number of aliphatic hydroxyl groups excluding tert-OH is 1. The summed E-state index contributed by atoms with van der Waals surface area (Å²) in [5.41, 5.74) is 1.69. The highest BCUT2D eigenvalue weighted by Gasteiger charge is 2.32. The first-order valence-corrected chi connectivity index (χ1v) is 9.10. The fourth-order valence-electron chi connectivity index (χ4n) is 3.27. The number of hydrogen-bond acceptors (Lipinski definition) is 4. The minimum Gasteiger partial charge on any atom is -0.389 e. The van der Waals surface area contributed by atoms with E-state index >= 15 is 0 Å². The zero-order chi connectivity index (χ0) is 18.4.